The van der Waals surface area contributed by atoms with Crippen molar-refractivity contribution in [3.8, 4) is 0 Å². The fraction of sp³-hybridized carbons (Fsp3) is 1.00. The molecule has 0 saturated heterocycles. The van der Waals surface area contributed by atoms with Gasteiger partial charge < -0.3 is 15.2 Å². The minimum absolute atomic E-state index is 0.104. The number of aliphatic hydroxyl groups excluding tert-OH is 1. The van der Waals surface area contributed by atoms with E-state index in [1.54, 1.807) is 0 Å². The molecular weight excluding hydrogens is 226 g/mol. The van der Waals surface area contributed by atoms with Crippen molar-refractivity contribution in [3.63, 3.8) is 0 Å². The molecule has 0 spiro atoms. The lowest BCUT2D eigenvalue weighted by Crippen LogP contribution is -2.46. The summed E-state index contributed by atoms with van der Waals surface area (Å²) in [7, 11) is 1.94. The van der Waals surface area contributed by atoms with Crippen LogP contribution in [0.3, 0.4) is 0 Å². The van der Waals surface area contributed by atoms with Gasteiger partial charge in [0.2, 0.25) is 0 Å². The first-order chi connectivity index (χ1) is 8.76. The molecule has 1 aliphatic carbocycles. The van der Waals surface area contributed by atoms with Crippen LogP contribution in [0.25, 0.3) is 0 Å². The van der Waals surface area contributed by atoms with E-state index >= 15 is 0 Å². The van der Waals surface area contributed by atoms with E-state index in [1.807, 2.05) is 7.05 Å². The number of likely N-dealkylation sites (N-methyl/N-ethyl adjacent to an activating group) is 1. The van der Waals surface area contributed by atoms with Crippen LogP contribution in [0.5, 0.6) is 0 Å². The smallest absolute Gasteiger partial charge is 0.0613 e. The summed E-state index contributed by atoms with van der Waals surface area (Å²) in [5.74, 6) is 0. The van der Waals surface area contributed by atoms with Gasteiger partial charge in [-0.2, -0.15) is 0 Å². The molecule has 1 fully saturated rings. The summed E-state index contributed by atoms with van der Waals surface area (Å²) in [5, 5.41) is 12.7. The maximum atomic E-state index is 9.46. The molecule has 1 saturated carbocycles. The van der Waals surface area contributed by atoms with Gasteiger partial charge in [0.25, 0.3) is 0 Å². The largest absolute Gasteiger partial charge is 0.394 e. The number of aliphatic hydroxyl groups is 1. The molecule has 0 radical (unpaired) electrons. The summed E-state index contributed by atoms with van der Waals surface area (Å²) >= 11 is 0. The molecule has 0 bridgehead atoms. The highest BCUT2D eigenvalue weighted by atomic mass is 16.5. The number of nitrogens with one attached hydrogen (secondary N) is 1. The first-order valence-corrected chi connectivity index (χ1v) is 7.67. The van der Waals surface area contributed by atoms with Crippen LogP contribution in [-0.2, 0) is 4.74 Å². The first kappa shape index (κ1) is 15.9. The molecule has 1 unspecified atom stereocenters. The van der Waals surface area contributed by atoms with E-state index in [4.69, 9.17) is 4.74 Å². The fourth-order valence-corrected chi connectivity index (χ4v) is 2.82. The number of hydrogen-bond acceptors (Lipinski definition) is 3. The van der Waals surface area contributed by atoms with E-state index in [1.165, 1.54) is 38.5 Å². The predicted octanol–water partition coefficient (Wildman–Crippen LogP) is 2.87. The van der Waals surface area contributed by atoms with Gasteiger partial charge in [-0.05, 0) is 39.2 Å². The summed E-state index contributed by atoms with van der Waals surface area (Å²) in [5.41, 5.74) is -0.104. The molecule has 0 aromatic rings. The molecule has 108 valence electrons. The second-order valence-corrected chi connectivity index (χ2v) is 5.63. The van der Waals surface area contributed by atoms with Crippen molar-refractivity contribution >= 4 is 0 Å². The molecule has 0 aromatic heterocycles. The predicted molar refractivity (Wildman–Crippen MR) is 75.8 cm³/mol. The quantitative estimate of drug-likeness (QED) is 0.519. The van der Waals surface area contributed by atoms with Crippen molar-refractivity contribution in [1.29, 1.82) is 0 Å². The number of hydrogen-bond donors (Lipinski definition) is 2. The molecule has 18 heavy (non-hydrogen) atoms. The van der Waals surface area contributed by atoms with Crippen LogP contribution in [-0.4, -0.2) is 37.0 Å². The van der Waals surface area contributed by atoms with Gasteiger partial charge in [0.1, 0.15) is 0 Å². The molecule has 0 aromatic carbocycles. The van der Waals surface area contributed by atoms with E-state index in [0.29, 0.717) is 6.10 Å². The molecule has 3 nitrogen and oxygen atoms in total. The Hall–Kier alpha value is -0.120. The normalized spacial score (nSPS) is 21.5. The zero-order chi connectivity index (χ0) is 13.3. The van der Waals surface area contributed by atoms with Gasteiger partial charge in [-0.1, -0.05) is 32.6 Å². The van der Waals surface area contributed by atoms with Crippen molar-refractivity contribution in [2.24, 2.45) is 0 Å². The first-order valence-electron chi connectivity index (χ1n) is 7.67. The van der Waals surface area contributed by atoms with Crippen molar-refractivity contribution in [2.45, 2.75) is 76.4 Å². The van der Waals surface area contributed by atoms with Gasteiger partial charge in [0.15, 0.2) is 0 Å². The van der Waals surface area contributed by atoms with E-state index in [9.17, 15) is 5.11 Å². The Morgan fingerprint density at radius 2 is 1.89 bits per heavy atom. The summed E-state index contributed by atoms with van der Waals surface area (Å²) in [4.78, 5) is 0. The minimum atomic E-state index is -0.104. The molecule has 0 aliphatic heterocycles. The van der Waals surface area contributed by atoms with E-state index in [2.05, 4.69) is 12.2 Å². The zero-order valence-electron chi connectivity index (χ0n) is 12.2. The van der Waals surface area contributed by atoms with Crippen LogP contribution in [0.1, 0.15) is 64.7 Å². The van der Waals surface area contributed by atoms with Crippen LogP contribution >= 0.6 is 0 Å². The Balaban J connectivity index is 2.16. The average Bonchev–Trinajstić information content (AvgIpc) is 2.68. The van der Waals surface area contributed by atoms with Gasteiger partial charge in [-0.25, -0.2) is 0 Å². The van der Waals surface area contributed by atoms with E-state index in [-0.39, 0.29) is 12.1 Å². The second-order valence-electron chi connectivity index (χ2n) is 5.63. The summed E-state index contributed by atoms with van der Waals surface area (Å²) < 4.78 is 5.98. The summed E-state index contributed by atoms with van der Waals surface area (Å²) in [6.07, 6.45) is 11.4. The zero-order valence-corrected chi connectivity index (χ0v) is 12.2. The van der Waals surface area contributed by atoms with Gasteiger partial charge in [0, 0.05) is 12.1 Å². The topological polar surface area (TPSA) is 41.5 Å². The van der Waals surface area contributed by atoms with Gasteiger partial charge in [-0.3, -0.25) is 0 Å². The van der Waals surface area contributed by atoms with Crippen molar-refractivity contribution < 1.29 is 9.84 Å². The molecule has 0 heterocycles. The molecule has 3 heteroatoms. The molecule has 1 atom stereocenters. The monoisotopic (exact) mass is 257 g/mol. The number of ether oxygens (including phenoxy) is 1. The van der Waals surface area contributed by atoms with Crippen molar-refractivity contribution in [3.05, 3.63) is 0 Å². The maximum Gasteiger partial charge on any atom is 0.0613 e. The van der Waals surface area contributed by atoms with Gasteiger partial charge in [-0.15, -0.1) is 0 Å². The van der Waals surface area contributed by atoms with Gasteiger partial charge in [0.05, 0.1) is 12.7 Å². The van der Waals surface area contributed by atoms with Crippen molar-refractivity contribution in [1.82, 2.24) is 5.32 Å². The minimum Gasteiger partial charge on any atom is -0.394 e. The third kappa shape index (κ3) is 5.25. The molecular formula is C15H31NO2. The molecule has 1 rings (SSSR count). The average molecular weight is 257 g/mol. The van der Waals surface area contributed by atoms with Crippen LogP contribution in [0, 0.1) is 0 Å². The standard InChI is InChI=1S/C15H31NO2/c1-3-15(13-17,16-2)11-8-12-18-14-9-6-4-5-7-10-14/h14,16-17H,3-13H2,1-2H3. The highest BCUT2D eigenvalue weighted by Gasteiger charge is 2.24. The van der Waals surface area contributed by atoms with Crippen molar-refractivity contribution in [2.75, 3.05) is 20.3 Å². The second kappa shape index (κ2) is 8.89. The highest BCUT2D eigenvalue weighted by molar-refractivity contribution is 4.84. The molecule has 1 aliphatic rings. The Labute approximate surface area is 112 Å². The Kier molecular flexibility index (Phi) is 7.87. The SMILES string of the molecule is CCC(CO)(CCCOC1CCCCCC1)NC. The van der Waals surface area contributed by atoms with Crippen LogP contribution in [0.15, 0.2) is 0 Å². The van der Waals surface area contributed by atoms with Crippen LogP contribution < -0.4 is 5.32 Å². The lowest BCUT2D eigenvalue weighted by molar-refractivity contribution is 0.0345. The number of rotatable bonds is 8. The lowest BCUT2D eigenvalue weighted by atomic mass is 9.92. The Morgan fingerprint density at radius 1 is 1.22 bits per heavy atom. The maximum absolute atomic E-state index is 9.46. The Morgan fingerprint density at radius 3 is 2.39 bits per heavy atom. The third-order valence-electron chi connectivity index (χ3n) is 4.47. The third-order valence-corrected chi connectivity index (χ3v) is 4.47. The van der Waals surface area contributed by atoms with Gasteiger partial charge >= 0.3 is 0 Å². The van der Waals surface area contributed by atoms with E-state index in [0.717, 1.165) is 25.9 Å². The molecule has 0 amide bonds. The summed E-state index contributed by atoms with van der Waals surface area (Å²) in [6, 6.07) is 0. The van der Waals surface area contributed by atoms with Crippen LogP contribution in [0.4, 0.5) is 0 Å². The fourth-order valence-electron chi connectivity index (χ4n) is 2.82. The summed E-state index contributed by atoms with van der Waals surface area (Å²) in [6.45, 7) is 3.18. The lowest BCUT2D eigenvalue weighted by Gasteiger charge is -2.30. The Bertz CT molecular complexity index is 188. The van der Waals surface area contributed by atoms with E-state index < -0.39 is 0 Å². The molecule has 2 N–H and O–H groups in total. The van der Waals surface area contributed by atoms with Crippen LogP contribution in [0.2, 0.25) is 0 Å². The highest BCUT2D eigenvalue weighted by Crippen LogP contribution is 2.21.